The summed E-state index contributed by atoms with van der Waals surface area (Å²) in [6.45, 7) is 2.43. The standard InChI is InChI=1S/C10H8Cl3IO4/c1-5(15)17-14(18-6(2)16)10-8(12)3-7(11)4-9(10)13/h3-4H,1-2H3. The Bertz CT molecular complexity index is 453. The zero-order valence-corrected chi connectivity index (χ0v) is 13.7. The summed E-state index contributed by atoms with van der Waals surface area (Å²) in [6, 6.07) is 2.89. The SMILES string of the molecule is CC(=O)OI(OC(C)=O)c1c(Cl)cc(Cl)cc1Cl. The second-order valence-electron chi connectivity index (χ2n) is 3.04. The maximum atomic E-state index is 11.0. The van der Waals surface area contributed by atoms with Crippen LogP contribution in [0.3, 0.4) is 0 Å². The molecule has 18 heavy (non-hydrogen) atoms. The van der Waals surface area contributed by atoms with Gasteiger partial charge in [0, 0.05) is 0 Å². The van der Waals surface area contributed by atoms with Gasteiger partial charge in [0.05, 0.1) is 0 Å². The molecule has 1 aromatic rings. The minimum absolute atomic E-state index is 0.209. The maximum absolute atomic E-state index is 11.0. The van der Waals surface area contributed by atoms with Gasteiger partial charge in [-0.2, -0.15) is 0 Å². The van der Waals surface area contributed by atoms with Crippen molar-refractivity contribution >= 4 is 67.4 Å². The van der Waals surface area contributed by atoms with Crippen LogP contribution in [0.2, 0.25) is 15.1 Å². The van der Waals surface area contributed by atoms with Gasteiger partial charge in [0.2, 0.25) is 0 Å². The first-order chi connectivity index (χ1) is 8.31. The molecule has 0 atom stereocenters. The van der Waals surface area contributed by atoms with E-state index >= 15 is 0 Å². The normalized spacial score (nSPS) is 10.8. The number of carbonyl (C=O) groups is 2. The van der Waals surface area contributed by atoms with E-state index in [4.69, 9.17) is 40.9 Å². The molecule has 0 aliphatic rings. The van der Waals surface area contributed by atoms with Gasteiger partial charge in [-0.05, 0) is 0 Å². The van der Waals surface area contributed by atoms with E-state index in [0.717, 1.165) is 0 Å². The molecule has 0 aromatic heterocycles. The molecule has 0 unspecified atom stereocenters. The Hall–Kier alpha value is -0.240. The van der Waals surface area contributed by atoms with Gasteiger partial charge in [0.25, 0.3) is 0 Å². The fourth-order valence-corrected chi connectivity index (χ4v) is 5.37. The molecule has 0 aliphatic heterocycles. The van der Waals surface area contributed by atoms with Crippen molar-refractivity contribution in [2.75, 3.05) is 0 Å². The van der Waals surface area contributed by atoms with Crippen molar-refractivity contribution in [3.8, 4) is 0 Å². The molecular weight excluding hydrogens is 417 g/mol. The molecule has 100 valence electrons. The van der Waals surface area contributed by atoms with Gasteiger partial charge >= 0.3 is 128 Å². The summed E-state index contributed by atoms with van der Waals surface area (Å²) >= 11 is 14.7. The summed E-state index contributed by atoms with van der Waals surface area (Å²) in [5, 5.41) is 0.760. The van der Waals surface area contributed by atoms with E-state index in [9.17, 15) is 9.59 Å². The number of benzene rings is 1. The summed E-state index contributed by atoms with van der Waals surface area (Å²) in [5.41, 5.74) is 0. The van der Waals surface area contributed by atoms with Crippen LogP contribution in [0.15, 0.2) is 12.1 Å². The first-order valence-corrected chi connectivity index (χ1v) is 8.51. The summed E-state index contributed by atoms with van der Waals surface area (Å²) in [6.07, 6.45) is 0. The predicted molar refractivity (Wildman–Crippen MR) is 77.7 cm³/mol. The van der Waals surface area contributed by atoms with Crippen molar-refractivity contribution in [3.63, 3.8) is 0 Å². The Balaban J connectivity index is 3.19. The van der Waals surface area contributed by atoms with Gasteiger partial charge < -0.3 is 0 Å². The van der Waals surface area contributed by atoms with Crippen LogP contribution in [0.25, 0.3) is 0 Å². The van der Waals surface area contributed by atoms with E-state index in [2.05, 4.69) is 0 Å². The molecule has 0 radical (unpaired) electrons. The Kier molecular flexibility index (Phi) is 5.97. The fraction of sp³-hybridized carbons (Fsp3) is 0.200. The molecule has 0 N–H and O–H groups in total. The molecule has 1 rings (SSSR count). The van der Waals surface area contributed by atoms with Crippen molar-refractivity contribution in [3.05, 3.63) is 30.8 Å². The number of rotatable bonds is 3. The molecule has 0 fully saturated rings. The van der Waals surface area contributed by atoms with E-state index in [1.807, 2.05) is 0 Å². The van der Waals surface area contributed by atoms with Crippen molar-refractivity contribution in [2.45, 2.75) is 13.8 Å². The summed E-state index contributed by atoms with van der Waals surface area (Å²) in [5.74, 6) is -1.13. The van der Waals surface area contributed by atoms with E-state index in [1.54, 1.807) is 0 Å². The molecule has 0 spiro atoms. The quantitative estimate of drug-likeness (QED) is 0.412. The van der Waals surface area contributed by atoms with Gasteiger partial charge in [-0.15, -0.1) is 0 Å². The predicted octanol–water partition coefficient (Wildman–Crippen LogP) is 4.28. The van der Waals surface area contributed by atoms with Crippen LogP contribution in [0.4, 0.5) is 0 Å². The van der Waals surface area contributed by atoms with Gasteiger partial charge in [-0.25, -0.2) is 0 Å². The number of hydrogen-bond donors (Lipinski definition) is 0. The summed E-state index contributed by atoms with van der Waals surface area (Å²) < 4.78 is 10.4. The summed E-state index contributed by atoms with van der Waals surface area (Å²) in [7, 11) is 0. The number of carbonyl (C=O) groups excluding carboxylic acids is 2. The monoisotopic (exact) mass is 424 g/mol. The molecule has 0 saturated carbocycles. The van der Waals surface area contributed by atoms with Crippen molar-refractivity contribution < 1.29 is 15.7 Å². The first-order valence-electron chi connectivity index (χ1n) is 4.54. The molecular formula is C10H8Cl3IO4. The molecule has 0 aliphatic carbocycles. The van der Waals surface area contributed by atoms with Crippen LogP contribution in [0.1, 0.15) is 13.8 Å². The number of hydrogen-bond acceptors (Lipinski definition) is 4. The van der Waals surface area contributed by atoms with Crippen LogP contribution in [-0.4, -0.2) is 11.9 Å². The molecule has 1 aromatic carbocycles. The van der Waals surface area contributed by atoms with Gasteiger partial charge in [-0.1, -0.05) is 0 Å². The molecule has 0 heterocycles. The third-order valence-electron chi connectivity index (χ3n) is 1.46. The minimum atomic E-state index is -3.03. The third kappa shape index (κ3) is 4.46. The number of halogens is 4. The third-order valence-corrected chi connectivity index (χ3v) is 7.00. The van der Waals surface area contributed by atoms with E-state index < -0.39 is 32.6 Å². The van der Waals surface area contributed by atoms with Crippen LogP contribution < -0.4 is 0 Å². The molecule has 0 amide bonds. The molecule has 8 heteroatoms. The fourth-order valence-electron chi connectivity index (χ4n) is 0.962. The van der Waals surface area contributed by atoms with Crippen LogP contribution >= 0.6 is 55.5 Å². The van der Waals surface area contributed by atoms with E-state index in [0.29, 0.717) is 8.59 Å². The van der Waals surface area contributed by atoms with Crippen molar-refractivity contribution in [1.82, 2.24) is 0 Å². The van der Waals surface area contributed by atoms with Gasteiger partial charge in [0.1, 0.15) is 0 Å². The van der Waals surface area contributed by atoms with Crippen molar-refractivity contribution in [2.24, 2.45) is 0 Å². The van der Waals surface area contributed by atoms with Crippen LogP contribution in [-0.2, 0) is 15.7 Å². The first kappa shape index (κ1) is 15.8. The van der Waals surface area contributed by atoms with E-state index in [1.165, 1.54) is 26.0 Å². The Labute approximate surface area is 127 Å². The summed E-state index contributed by atoms with van der Waals surface area (Å²) in [4.78, 5) is 22.0. The second kappa shape index (κ2) is 6.79. The van der Waals surface area contributed by atoms with E-state index in [-0.39, 0.29) is 10.0 Å². The van der Waals surface area contributed by atoms with Crippen molar-refractivity contribution in [1.29, 1.82) is 0 Å². The average Bonchev–Trinajstić information content (AvgIpc) is 2.12. The van der Waals surface area contributed by atoms with Gasteiger partial charge in [0.15, 0.2) is 0 Å². The average molecular weight is 425 g/mol. The topological polar surface area (TPSA) is 52.6 Å². The zero-order valence-electron chi connectivity index (χ0n) is 9.30. The molecule has 4 nitrogen and oxygen atoms in total. The zero-order chi connectivity index (χ0) is 13.9. The second-order valence-corrected chi connectivity index (χ2v) is 7.49. The van der Waals surface area contributed by atoms with Gasteiger partial charge in [-0.3, -0.25) is 0 Å². The molecule has 0 bridgehead atoms. The Morgan fingerprint density at radius 2 is 1.39 bits per heavy atom. The Morgan fingerprint density at radius 1 is 1.00 bits per heavy atom. The Morgan fingerprint density at radius 3 is 1.72 bits per heavy atom. The van der Waals surface area contributed by atoms with Crippen LogP contribution in [0, 0.1) is 3.57 Å². The van der Waals surface area contributed by atoms with Crippen LogP contribution in [0.5, 0.6) is 0 Å². The molecule has 0 saturated heterocycles.